The van der Waals surface area contributed by atoms with Gasteiger partial charge in [-0.25, -0.2) is 9.67 Å². The van der Waals surface area contributed by atoms with E-state index in [1.807, 2.05) is 0 Å². The van der Waals surface area contributed by atoms with Crippen molar-refractivity contribution in [1.82, 2.24) is 19.7 Å². The lowest BCUT2D eigenvalue weighted by Crippen LogP contribution is -2.43. The summed E-state index contributed by atoms with van der Waals surface area (Å²) in [6.45, 7) is 5.18. The van der Waals surface area contributed by atoms with Crippen LogP contribution in [0.15, 0.2) is 12.7 Å². The number of piperidine rings is 1. The van der Waals surface area contributed by atoms with Crippen LogP contribution in [0.3, 0.4) is 0 Å². The van der Waals surface area contributed by atoms with Crippen molar-refractivity contribution in [2.24, 2.45) is 5.92 Å². The van der Waals surface area contributed by atoms with Gasteiger partial charge < -0.3 is 9.64 Å². The van der Waals surface area contributed by atoms with Crippen LogP contribution in [-0.2, 0) is 14.3 Å². The molecule has 0 spiro atoms. The Morgan fingerprint density at radius 1 is 1.40 bits per heavy atom. The highest BCUT2D eigenvalue weighted by atomic mass is 16.5. The lowest BCUT2D eigenvalue weighted by molar-refractivity contribution is -0.151. The number of carbonyl (C=O) groups is 2. The number of hydrogen-bond donors (Lipinski definition) is 0. The van der Waals surface area contributed by atoms with Crippen molar-refractivity contribution in [1.29, 1.82) is 0 Å². The van der Waals surface area contributed by atoms with Crippen molar-refractivity contribution < 1.29 is 14.3 Å². The number of aromatic nitrogens is 3. The van der Waals surface area contributed by atoms with E-state index in [4.69, 9.17) is 4.74 Å². The molecule has 1 saturated heterocycles. The van der Waals surface area contributed by atoms with Gasteiger partial charge in [-0.15, -0.1) is 0 Å². The molecule has 1 aromatic rings. The van der Waals surface area contributed by atoms with Gasteiger partial charge in [0.2, 0.25) is 5.91 Å². The number of hydrogen-bond acceptors (Lipinski definition) is 5. The molecule has 1 fully saturated rings. The van der Waals surface area contributed by atoms with E-state index < -0.39 is 0 Å². The lowest BCUT2D eigenvalue weighted by atomic mass is 9.96. The topological polar surface area (TPSA) is 77.3 Å². The van der Waals surface area contributed by atoms with Crippen molar-refractivity contribution in [3.63, 3.8) is 0 Å². The molecule has 1 aromatic heterocycles. The fourth-order valence-corrected chi connectivity index (χ4v) is 2.39. The van der Waals surface area contributed by atoms with E-state index in [9.17, 15) is 9.59 Å². The quantitative estimate of drug-likeness (QED) is 0.756. The van der Waals surface area contributed by atoms with Gasteiger partial charge in [0.25, 0.3) is 0 Å². The Morgan fingerprint density at radius 2 is 2.10 bits per heavy atom. The van der Waals surface area contributed by atoms with Gasteiger partial charge in [-0.1, -0.05) is 0 Å². The summed E-state index contributed by atoms with van der Waals surface area (Å²) in [6, 6.07) is -0.364. The number of rotatable bonds is 4. The van der Waals surface area contributed by atoms with Crippen LogP contribution < -0.4 is 0 Å². The van der Waals surface area contributed by atoms with Gasteiger partial charge in [0, 0.05) is 13.1 Å². The van der Waals surface area contributed by atoms with Crippen LogP contribution in [0.1, 0.15) is 32.7 Å². The summed E-state index contributed by atoms with van der Waals surface area (Å²) < 4.78 is 6.56. The summed E-state index contributed by atoms with van der Waals surface area (Å²) in [7, 11) is 0. The molecule has 110 valence electrons. The molecule has 7 nitrogen and oxygen atoms in total. The molecule has 0 saturated carbocycles. The fraction of sp³-hybridized carbons (Fsp3) is 0.692. The fourth-order valence-electron chi connectivity index (χ4n) is 2.39. The molecule has 7 heteroatoms. The highest BCUT2D eigenvalue weighted by Gasteiger charge is 2.30. The van der Waals surface area contributed by atoms with Crippen LogP contribution in [0.25, 0.3) is 0 Å². The van der Waals surface area contributed by atoms with E-state index in [-0.39, 0.29) is 23.8 Å². The van der Waals surface area contributed by atoms with Crippen LogP contribution in [-0.4, -0.2) is 51.2 Å². The molecule has 0 aromatic carbocycles. The predicted molar refractivity (Wildman–Crippen MR) is 70.7 cm³/mol. The zero-order valence-corrected chi connectivity index (χ0v) is 11.9. The van der Waals surface area contributed by atoms with Gasteiger partial charge in [-0.2, -0.15) is 5.10 Å². The minimum atomic E-state index is -0.364. The molecule has 0 bridgehead atoms. The minimum absolute atomic E-state index is 0.0119. The number of nitrogens with zero attached hydrogens (tertiary/aromatic N) is 4. The third-order valence-corrected chi connectivity index (χ3v) is 3.62. The van der Waals surface area contributed by atoms with Gasteiger partial charge in [-0.3, -0.25) is 9.59 Å². The summed E-state index contributed by atoms with van der Waals surface area (Å²) in [5, 5.41) is 3.98. The minimum Gasteiger partial charge on any atom is -0.466 e. The zero-order valence-electron chi connectivity index (χ0n) is 11.9. The Bertz CT molecular complexity index is 452. The first-order valence-electron chi connectivity index (χ1n) is 6.93. The number of esters is 1. The first-order chi connectivity index (χ1) is 9.63. The van der Waals surface area contributed by atoms with Crippen LogP contribution in [0.2, 0.25) is 0 Å². The standard InChI is InChI=1S/C13H20N4O3/c1-3-20-13(19)11-4-6-16(7-5-11)12(18)10(2)17-9-14-8-15-17/h8-11H,3-7H2,1-2H3. The van der Waals surface area contributed by atoms with Crippen LogP contribution in [0.4, 0.5) is 0 Å². The van der Waals surface area contributed by atoms with Crippen molar-refractivity contribution in [3.05, 3.63) is 12.7 Å². The van der Waals surface area contributed by atoms with Crippen LogP contribution in [0, 0.1) is 5.92 Å². The molecular formula is C13H20N4O3. The van der Waals surface area contributed by atoms with E-state index in [1.54, 1.807) is 23.4 Å². The van der Waals surface area contributed by atoms with Gasteiger partial charge in [0.1, 0.15) is 18.7 Å². The smallest absolute Gasteiger partial charge is 0.309 e. The third kappa shape index (κ3) is 3.15. The average Bonchev–Trinajstić information content (AvgIpc) is 3.00. The number of carbonyl (C=O) groups excluding carboxylic acids is 2. The van der Waals surface area contributed by atoms with Crippen LogP contribution >= 0.6 is 0 Å². The second-order valence-electron chi connectivity index (χ2n) is 4.90. The number of ether oxygens (including phenoxy) is 1. The van der Waals surface area contributed by atoms with Crippen molar-refractivity contribution in [3.8, 4) is 0 Å². The summed E-state index contributed by atoms with van der Waals surface area (Å²) in [5.41, 5.74) is 0. The molecule has 1 aliphatic heterocycles. The zero-order chi connectivity index (χ0) is 14.5. The summed E-state index contributed by atoms with van der Waals surface area (Å²) >= 11 is 0. The van der Waals surface area contributed by atoms with E-state index in [1.165, 1.54) is 12.7 Å². The molecule has 0 radical (unpaired) electrons. The van der Waals surface area contributed by atoms with Crippen molar-refractivity contribution in [2.45, 2.75) is 32.7 Å². The lowest BCUT2D eigenvalue weighted by Gasteiger charge is -2.32. The first kappa shape index (κ1) is 14.5. The normalized spacial score (nSPS) is 17.8. The largest absolute Gasteiger partial charge is 0.466 e. The molecular weight excluding hydrogens is 260 g/mol. The maximum absolute atomic E-state index is 12.3. The maximum Gasteiger partial charge on any atom is 0.309 e. The van der Waals surface area contributed by atoms with Gasteiger partial charge in [0.15, 0.2) is 0 Å². The number of amides is 1. The highest BCUT2D eigenvalue weighted by molar-refractivity contribution is 5.80. The molecule has 2 heterocycles. The molecule has 1 unspecified atom stereocenters. The molecule has 1 atom stereocenters. The Balaban J connectivity index is 1.87. The molecule has 1 aliphatic rings. The van der Waals surface area contributed by atoms with Gasteiger partial charge in [0.05, 0.1) is 12.5 Å². The van der Waals surface area contributed by atoms with Gasteiger partial charge >= 0.3 is 5.97 Å². The van der Waals surface area contributed by atoms with Gasteiger partial charge in [-0.05, 0) is 26.7 Å². The molecule has 20 heavy (non-hydrogen) atoms. The maximum atomic E-state index is 12.3. The second kappa shape index (κ2) is 6.49. The van der Waals surface area contributed by atoms with Crippen molar-refractivity contribution in [2.75, 3.05) is 19.7 Å². The Hall–Kier alpha value is -1.92. The molecule has 0 aliphatic carbocycles. The molecule has 0 N–H and O–H groups in total. The van der Waals surface area contributed by atoms with E-state index in [0.717, 1.165) is 0 Å². The Labute approximate surface area is 117 Å². The molecule has 1 amide bonds. The average molecular weight is 280 g/mol. The van der Waals surface area contributed by atoms with Crippen LogP contribution in [0.5, 0.6) is 0 Å². The Morgan fingerprint density at radius 3 is 2.65 bits per heavy atom. The second-order valence-corrected chi connectivity index (χ2v) is 4.90. The monoisotopic (exact) mass is 280 g/mol. The van der Waals surface area contributed by atoms with E-state index in [0.29, 0.717) is 32.5 Å². The molecule has 2 rings (SSSR count). The predicted octanol–water partition coefficient (Wildman–Crippen LogP) is 0.641. The SMILES string of the molecule is CCOC(=O)C1CCN(C(=O)C(C)n2cncn2)CC1. The summed E-state index contributed by atoms with van der Waals surface area (Å²) in [6.07, 6.45) is 4.27. The number of likely N-dealkylation sites (tertiary alicyclic amines) is 1. The summed E-state index contributed by atoms with van der Waals surface area (Å²) in [4.78, 5) is 29.6. The third-order valence-electron chi connectivity index (χ3n) is 3.62. The highest BCUT2D eigenvalue weighted by Crippen LogP contribution is 2.21. The summed E-state index contributed by atoms with van der Waals surface area (Å²) in [5.74, 6) is -0.220. The Kier molecular flexibility index (Phi) is 4.70. The van der Waals surface area contributed by atoms with E-state index >= 15 is 0 Å². The first-order valence-corrected chi connectivity index (χ1v) is 6.93. The van der Waals surface area contributed by atoms with Crippen molar-refractivity contribution >= 4 is 11.9 Å². The van der Waals surface area contributed by atoms with E-state index in [2.05, 4.69) is 10.1 Å².